The molecule has 1 aliphatic carbocycles. The Bertz CT molecular complexity index is 1410. The number of nitrogens with zero attached hydrogens (tertiary/aromatic N) is 2. The topological polar surface area (TPSA) is 189 Å². The molecule has 3 aliphatic rings. The van der Waals surface area contributed by atoms with Gasteiger partial charge >= 0.3 is 11.9 Å². The van der Waals surface area contributed by atoms with Gasteiger partial charge in [0.25, 0.3) is 0 Å². The second-order valence-electron chi connectivity index (χ2n) is 17.5. The molecule has 1 fully saturated rings. The molecule has 2 aliphatic heterocycles. The van der Waals surface area contributed by atoms with Gasteiger partial charge in [-0.2, -0.15) is 0 Å². The molecule has 14 heteroatoms. The van der Waals surface area contributed by atoms with E-state index >= 15 is 0 Å². The van der Waals surface area contributed by atoms with Gasteiger partial charge < -0.3 is 36.8 Å². The fourth-order valence-electron chi connectivity index (χ4n) is 7.51. The predicted octanol–water partition coefficient (Wildman–Crippen LogP) is 8.02. The average Bonchev–Trinajstić information content (AvgIpc) is 3.66. The minimum absolute atomic E-state index is 0.0494. The van der Waals surface area contributed by atoms with Crippen LogP contribution in [0, 0.1) is 23.2 Å². The van der Waals surface area contributed by atoms with E-state index < -0.39 is 41.4 Å². The number of hydrogen-bond acceptors (Lipinski definition) is 10. The van der Waals surface area contributed by atoms with Gasteiger partial charge in [0, 0.05) is 55.9 Å². The van der Waals surface area contributed by atoms with E-state index in [4.69, 9.17) is 20.3 Å². The first kappa shape index (κ1) is 53.6. The molecule has 0 spiro atoms. The Morgan fingerprint density at radius 3 is 2.39 bits per heavy atom. The summed E-state index contributed by atoms with van der Waals surface area (Å²) in [6.07, 6.45) is 14.8. The third-order valence-corrected chi connectivity index (χ3v) is 12.4. The number of unbranched alkanes of at least 4 members (excludes halogenated alkanes) is 3. The number of carboxylic acids is 1. The van der Waals surface area contributed by atoms with Crippen molar-refractivity contribution in [2.45, 2.75) is 176 Å². The second-order valence-corrected chi connectivity index (χ2v) is 18.5. The number of hydrogen-bond donors (Lipinski definition) is 5. The molecule has 7 N–H and O–H groups in total. The number of carbonyl (C=O) groups excluding carboxylic acids is 3. The molecular formula is C45H79FN6O6S. The molecule has 2 heterocycles. The van der Waals surface area contributed by atoms with Crippen LogP contribution in [0.2, 0.25) is 0 Å². The summed E-state index contributed by atoms with van der Waals surface area (Å²) < 4.78 is 20.2. The van der Waals surface area contributed by atoms with E-state index in [1.165, 1.54) is 57.0 Å². The minimum Gasteiger partial charge on any atom is -0.481 e. The molecule has 338 valence electrons. The van der Waals surface area contributed by atoms with E-state index in [1.54, 1.807) is 13.8 Å². The number of esters is 1. The van der Waals surface area contributed by atoms with E-state index in [1.807, 2.05) is 6.08 Å². The maximum atomic E-state index is 14.3. The van der Waals surface area contributed by atoms with Crippen molar-refractivity contribution < 1.29 is 33.4 Å². The van der Waals surface area contributed by atoms with Crippen molar-refractivity contribution in [2.75, 3.05) is 18.8 Å². The quantitative estimate of drug-likeness (QED) is 0.0405. The van der Waals surface area contributed by atoms with Gasteiger partial charge in [-0.15, -0.1) is 11.8 Å². The molecule has 1 saturated heterocycles. The monoisotopic (exact) mass is 851 g/mol. The first-order chi connectivity index (χ1) is 27.8. The highest BCUT2D eigenvalue weighted by molar-refractivity contribution is 8.14. The molecule has 0 saturated carbocycles. The van der Waals surface area contributed by atoms with Crippen LogP contribution >= 0.6 is 11.8 Å². The van der Waals surface area contributed by atoms with Crippen molar-refractivity contribution in [3.63, 3.8) is 0 Å². The average molecular weight is 851 g/mol. The number of aliphatic imine (C=N–C) groups is 1. The van der Waals surface area contributed by atoms with Crippen LogP contribution in [0.1, 0.15) is 146 Å². The third-order valence-electron chi connectivity index (χ3n) is 11.3. The molecule has 12 nitrogen and oxygen atoms in total. The van der Waals surface area contributed by atoms with Crippen LogP contribution in [-0.4, -0.2) is 88.4 Å². The number of carbonyl (C=O) groups is 4. The van der Waals surface area contributed by atoms with Crippen LogP contribution in [-0.2, 0) is 23.9 Å². The number of carboxylic acid groups (broad SMARTS) is 1. The molecule has 59 heavy (non-hydrogen) atoms. The zero-order chi connectivity index (χ0) is 44.7. The maximum Gasteiger partial charge on any atom is 0.309 e. The first-order valence-corrected chi connectivity index (χ1v) is 22.8. The Labute approximate surface area is 359 Å². The van der Waals surface area contributed by atoms with E-state index in [2.05, 4.69) is 69.4 Å². The number of allylic oxidation sites excluding steroid dienone is 4. The predicted molar refractivity (Wildman–Crippen MR) is 240 cm³/mol. The largest absolute Gasteiger partial charge is 0.481 e. The molecule has 5 unspecified atom stereocenters. The zero-order valence-electron chi connectivity index (χ0n) is 37.7. The van der Waals surface area contributed by atoms with Crippen molar-refractivity contribution in [2.24, 2.45) is 39.6 Å². The van der Waals surface area contributed by atoms with Crippen LogP contribution in [0.5, 0.6) is 0 Å². The lowest BCUT2D eigenvalue weighted by Gasteiger charge is -2.40. The Morgan fingerprint density at radius 1 is 1.20 bits per heavy atom. The summed E-state index contributed by atoms with van der Waals surface area (Å²) in [4.78, 5) is 53.8. The summed E-state index contributed by atoms with van der Waals surface area (Å²) in [7, 11) is 0. The normalized spacial score (nSPS) is 21.1. The van der Waals surface area contributed by atoms with Crippen molar-refractivity contribution in [1.29, 1.82) is 0 Å². The molecule has 0 aromatic carbocycles. The molecular weight excluding hydrogens is 772 g/mol. The van der Waals surface area contributed by atoms with Gasteiger partial charge in [-0.25, -0.2) is 4.39 Å². The summed E-state index contributed by atoms with van der Waals surface area (Å²) in [5.41, 5.74) is 9.94. The van der Waals surface area contributed by atoms with Crippen molar-refractivity contribution in [3.05, 3.63) is 36.0 Å². The lowest BCUT2D eigenvalue weighted by Crippen LogP contribution is -2.45. The number of piperidine rings is 1. The van der Waals surface area contributed by atoms with E-state index in [0.717, 1.165) is 50.4 Å². The zero-order valence-corrected chi connectivity index (χ0v) is 38.5. The molecule has 0 bridgehead atoms. The molecule has 0 aromatic rings. The highest BCUT2D eigenvalue weighted by Gasteiger charge is 2.37. The van der Waals surface area contributed by atoms with Gasteiger partial charge in [0.2, 0.25) is 12.3 Å². The van der Waals surface area contributed by atoms with Crippen molar-refractivity contribution in [3.8, 4) is 0 Å². The number of aliphatic carboxylic acids is 1. The number of nitrogens with two attached hydrogens (primary N) is 2. The molecule has 0 radical (unpaired) electrons. The minimum atomic E-state index is -1.11. The fourth-order valence-corrected chi connectivity index (χ4v) is 8.59. The van der Waals surface area contributed by atoms with Crippen LogP contribution in [0.4, 0.5) is 4.39 Å². The third kappa shape index (κ3) is 20.6. The number of halogens is 1. The highest BCUT2D eigenvalue weighted by atomic mass is 32.2. The number of nitrogens with one attached hydrogen (secondary N) is 2. The second kappa shape index (κ2) is 28.2. The lowest BCUT2D eigenvalue weighted by molar-refractivity contribution is -0.148. The summed E-state index contributed by atoms with van der Waals surface area (Å²) in [5, 5.41) is 16.8. The van der Waals surface area contributed by atoms with Crippen LogP contribution in [0.15, 0.2) is 40.9 Å². The molecule has 7 atom stereocenters. The number of thioether (sulfide) groups is 1. The van der Waals surface area contributed by atoms with E-state index in [-0.39, 0.29) is 48.7 Å². The van der Waals surface area contributed by atoms with Gasteiger partial charge in [-0.1, -0.05) is 79.4 Å². The summed E-state index contributed by atoms with van der Waals surface area (Å²) in [6.45, 7) is 24.5. The van der Waals surface area contributed by atoms with Crippen molar-refractivity contribution >= 4 is 41.1 Å². The highest BCUT2D eigenvalue weighted by Crippen LogP contribution is 2.33. The number of rotatable bonds is 22. The molecule has 0 aromatic heterocycles. The maximum absolute atomic E-state index is 14.3. The van der Waals surface area contributed by atoms with Crippen LogP contribution < -0.4 is 22.1 Å². The molecule has 2 amide bonds. The Hall–Kier alpha value is -3.39. The first-order valence-electron chi connectivity index (χ1n) is 21.9. The summed E-state index contributed by atoms with van der Waals surface area (Å²) in [5.74, 6) is -1.24. The fraction of sp³-hybridized carbons (Fsp3) is 0.756. The Kier molecular flexibility index (Phi) is 25.6. The van der Waals surface area contributed by atoms with Gasteiger partial charge in [0.05, 0.1) is 11.1 Å². The Morgan fingerprint density at radius 2 is 1.88 bits per heavy atom. The van der Waals surface area contributed by atoms with Crippen LogP contribution in [0.25, 0.3) is 0 Å². The van der Waals surface area contributed by atoms with E-state index in [9.17, 15) is 23.9 Å². The van der Waals surface area contributed by atoms with E-state index in [0.29, 0.717) is 29.6 Å². The van der Waals surface area contributed by atoms with Gasteiger partial charge in [-0.05, 0) is 89.7 Å². The number of primary amides is 1. The smallest absolute Gasteiger partial charge is 0.309 e. The van der Waals surface area contributed by atoms with Crippen LogP contribution in [0.3, 0.4) is 0 Å². The lowest BCUT2D eigenvalue weighted by atomic mass is 9.81. The number of amides is 2. The standard InChI is InChI=1S/C38H63FN4O5S.C6H13N.CH3NO/c1-10-12-13-14-17-43(26(6)18-25(5)11-2)33(24(3)4)21-34(48-27(7)44)36-42-32(23-49-36)35(45)41-29(22-38(8,9)37(46)47)19-28-15-16-31(40)30(39)20-28;1-6-4-2-3-5-7-6;2-1-3/h15-16,24-25,28-29,32-34H,6,10-14,17-23,40H2,1-5,7-9H3,(H,41,45)(H,46,47);6-7H,2-5H2,1H3;1H,(H2,2,3)/t25-,28?,29?,32?,33?,34?;6-;/m00./s1. The SMILES string of the molecule is C=C(C[C@@H](C)CC)N(CCCCCC)C(CC(OC(C)=O)C1=NC(C(=O)NC(CC2C=CC(N)=C(F)C2)CC(C)(C)C(=O)O)CS1)C(C)C.C[C@H]1CCCCN1.NC=O. The Balaban J connectivity index is 0.00000153. The summed E-state index contributed by atoms with van der Waals surface area (Å²) >= 11 is 1.42. The van der Waals surface area contributed by atoms with Gasteiger partial charge in [-0.3, -0.25) is 24.2 Å². The van der Waals surface area contributed by atoms with Gasteiger partial charge in [0.15, 0.2) is 6.10 Å². The summed E-state index contributed by atoms with van der Waals surface area (Å²) in [6, 6.07) is -0.426. The number of ether oxygens (including phenoxy) is 1. The van der Waals surface area contributed by atoms with Gasteiger partial charge in [0.1, 0.15) is 16.9 Å². The van der Waals surface area contributed by atoms with Crippen molar-refractivity contribution in [1.82, 2.24) is 15.5 Å². The molecule has 3 rings (SSSR count).